The average molecular weight is 509 g/mol. The van der Waals surface area contributed by atoms with Gasteiger partial charge in [0.1, 0.15) is 5.75 Å². The normalized spacial score (nSPS) is 31.2. The molecule has 0 N–H and O–H groups in total. The quantitative estimate of drug-likeness (QED) is 0.191. The Kier molecular flexibility index (Phi) is 10.1. The van der Waals surface area contributed by atoms with Gasteiger partial charge >= 0.3 is 5.97 Å². The molecule has 0 spiro atoms. The highest BCUT2D eigenvalue weighted by atomic mass is 19.2. The smallest absolute Gasteiger partial charge is 0.314 e. The minimum Gasteiger partial charge on any atom is -0.426 e. The number of benzene rings is 1. The van der Waals surface area contributed by atoms with Crippen LogP contribution in [0, 0.1) is 47.0 Å². The molecule has 0 heterocycles. The summed E-state index contributed by atoms with van der Waals surface area (Å²) in [5.41, 5.74) is 0. The third kappa shape index (κ3) is 7.49. The van der Waals surface area contributed by atoms with Gasteiger partial charge in [0.2, 0.25) is 0 Å². The summed E-state index contributed by atoms with van der Waals surface area (Å²) in [6, 6.07) is 1.45. The number of hydrogen-bond donors (Lipinski definition) is 0. The Bertz CT molecular complexity index is 813. The first-order valence-electron chi connectivity index (χ1n) is 14.4. The number of carbonyl (C=O) groups is 1. The molecule has 0 radical (unpaired) electrons. The van der Waals surface area contributed by atoms with Crippen LogP contribution in [0.4, 0.5) is 13.2 Å². The fourth-order valence-corrected chi connectivity index (χ4v) is 6.80. The molecule has 3 nitrogen and oxygen atoms in total. The van der Waals surface area contributed by atoms with Gasteiger partial charge in [0.05, 0.1) is 12.0 Å². The second kappa shape index (κ2) is 13.3. The first-order valence-corrected chi connectivity index (χ1v) is 14.4. The predicted molar refractivity (Wildman–Crippen MR) is 134 cm³/mol. The van der Waals surface area contributed by atoms with Crippen LogP contribution in [0.25, 0.3) is 0 Å². The van der Waals surface area contributed by atoms with E-state index in [1.807, 2.05) is 0 Å². The average Bonchev–Trinajstić information content (AvgIpc) is 2.90. The molecule has 6 heteroatoms. The monoisotopic (exact) mass is 508 g/mol. The maximum absolute atomic E-state index is 13.4. The van der Waals surface area contributed by atoms with Crippen molar-refractivity contribution in [2.75, 3.05) is 6.61 Å². The topological polar surface area (TPSA) is 35.5 Å². The molecule has 0 aromatic heterocycles. The molecule has 3 aliphatic rings. The van der Waals surface area contributed by atoms with Gasteiger partial charge in [-0.2, -0.15) is 0 Å². The standard InChI is InChI=1S/C30H43F3O3/c1-2-3-4-20-5-7-21(8-6-20)19-35-25-15-13-23(14-16-25)22-9-11-24(12-10-22)30(34)36-26-17-27(31)29(33)28(32)18-26/h17-18,20-25H,2-16,19H2,1H3/t20-,21-,22-,23?,24-,25?. The molecule has 0 unspecified atom stereocenters. The summed E-state index contributed by atoms with van der Waals surface area (Å²) in [6.07, 6.45) is 18.0. The van der Waals surface area contributed by atoms with E-state index in [1.54, 1.807) is 0 Å². The van der Waals surface area contributed by atoms with Crippen LogP contribution in [0.5, 0.6) is 5.75 Å². The Morgan fingerprint density at radius 1 is 0.806 bits per heavy atom. The fourth-order valence-electron chi connectivity index (χ4n) is 6.80. The van der Waals surface area contributed by atoms with Crippen molar-refractivity contribution < 1.29 is 27.4 Å². The highest BCUT2D eigenvalue weighted by Crippen LogP contribution is 2.41. The second-order valence-electron chi connectivity index (χ2n) is 11.6. The molecule has 36 heavy (non-hydrogen) atoms. The number of ether oxygens (including phenoxy) is 2. The van der Waals surface area contributed by atoms with Crippen LogP contribution in [0.15, 0.2) is 12.1 Å². The number of esters is 1. The van der Waals surface area contributed by atoms with E-state index in [9.17, 15) is 18.0 Å². The zero-order valence-electron chi connectivity index (χ0n) is 21.8. The van der Waals surface area contributed by atoms with Gasteiger partial charge in [-0.05, 0) is 87.9 Å². The van der Waals surface area contributed by atoms with Crippen LogP contribution in [0.1, 0.15) is 103 Å². The molecule has 0 atom stereocenters. The van der Waals surface area contributed by atoms with Gasteiger partial charge < -0.3 is 9.47 Å². The van der Waals surface area contributed by atoms with Gasteiger partial charge in [0.25, 0.3) is 0 Å². The van der Waals surface area contributed by atoms with Crippen molar-refractivity contribution in [3.63, 3.8) is 0 Å². The van der Waals surface area contributed by atoms with E-state index in [0.29, 0.717) is 17.9 Å². The SMILES string of the molecule is CCCC[C@H]1CC[C@H](COC2CCC([C@H]3CC[C@H](C(=O)Oc4cc(F)c(F)c(F)c4)CC3)CC2)CC1. The molecular formula is C30H43F3O3. The number of hydrogen-bond acceptors (Lipinski definition) is 3. The van der Waals surface area contributed by atoms with Crippen LogP contribution < -0.4 is 4.74 Å². The zero-order valence-corrected chi connectivity index (χ0v) is 21.8. The molecule has 0 aliphatic heterocycles. The van der Waals surface area contributed by atoms with Crippen LogP contribution in [0.3, 0.4) is 0 Å². The molecule has 3 aliphatic carbocycles. The lowest BCUT2D eigenvalue weighted by Gasteiger charge is -2.37. The molecule has 3 saturated carbocycles. The summed E-state index contributed by atoms with van der Waals surface area (Å²) in [5, 5.41) is 0. The number of carbonyl (C=O) groups excluding carboxylic acids is 1. The first-order chi connectivity index (χ1) is 17.4. The zero-order chi connectivity index (χ0) is 25.5. The molecule has 202 valence electrons. The van der Waals surface area contributed by atoms with E-state index in [2.05, 4.69) is 6.92 Å². The molecule has 0 amide bonds. The summed E-state index contributed by atoms with van der Waals surface area (Å²) < 4.78 is 51.4. The van der Waals surface area contributed by atoms with E-state index >= 15 is 0 Å². The van der Waals surface area contributed by atoms with Gasteiger partial charge in [-0.15, -0.1) is 0 Å². The van der Waals surface area contributed by atoms with Crippen LogP contribution in [0.2, 0.25) is 0 Å². The van der Waals surface area contributed by atoms with E-state index in [0.717, 1.165) is 69.1 Å². The second-order valence-corrected chi connectivity index (χ2v) is 11.6. The maximum atomic E-state index is 13.4. The Hall–Kier alpha value is -1.56. The molecule has 3 fully saturated rings. The lowest BCUT2D eigenvalue weighted by Crippen LogP contribution is -2.32. The number of unbranched alkanes of at least 4 members (excludes halogenated alkanes) is 1. The maximum Gasteiger partial charge on any atom is 0.314 e. The molecule has 0 bridgehead atoms. The summed E-state index contributed by atoms with van der Waals surface area (Å²) in [6.45, 7) is 3.21. The van der Waals surface area contributed by atoms with Gasteiger partial charge in [0, 0.05) is 18.7 Å². The Morgan fingerprint density at radius 2 is 1.36 bits per heavy atom. The van der Waals surface area contributed by atoms with E-state index < -0.39 is 23.4 Å². The molecule has 4 rings (SSSR count). The van der Waals surface area contributed by atoms with Crippen molar-refractivity contribution >= 4 is 5.97 Å². The number of rotatable bonds is 9. The lowest BCUT2D eigenvalue weighted by atomic mass is 9.70. The van der Waals surface area contributed by atoms with E-state index in [1.165, 1.54) is 57.8 Å². The van der Waals surface area contributed by atoms with Crippen molar-refractivity contribution in [2.24, 2.45) is 29.6 Å². The van der Waals surface area contributed by atoms with Crippen molar-refractivity contribution in [3.05, 3.63) is 29.6 Å². The lowest BCUT2D eigenvalue weighted by molar-refractivity contribution is -0.140. The van der Waals surface area contributed by atoms with Crippen LogP contribution in [-0.4, -0.2) is 18.7 Å². The van der Waals surface area contributed by atoms with Gasteiger partial charge in [-0.1, -0.05) is 39.0 Å². The summed E-state index contributed by atoms with van der Waals surface area (Å²) in [4.78, 5) is 12.5. The van der Waals surface area contributed by atoms with Gasteiger partial charge in [-0.25, -0.2) is 13.2 Å². The molecular weight excluding hydrogens is 465 g/mol. The van der Waals surface area contributed by atoms with Gasteiger partial charge in [-0.3, -0.25) is 4.79 Å². The largest absolute Gasteiger partial charge is 0.426 e. The summed E-state index contributed by atoms with van der Waals surface area (Å²) >= 11 is 0. The Labute approximate surface area is 214 Å². The molecule has 0 saturated heterocycles. The summed E-state index contributed by atoms with van der Waals surface area (Å²) in [5.74, 6) is -2.27. The van der Waals surface area contributed by atoms with Crippen molar-refractivity contribution in [2.45, 2.75) is 109 Å². The van der Waals surface area contributed by atoms with Crippen molar-refractivity contribution in [1.29, 1.82) is 0 Å². The highest BCUT2D eigenvalue weighted by molar-refractivity contribution is 5.75. The number of halogens is 3. The third-order valence-corrected chi connectivity index (χ3v) is 9.17. The Morgan fingerprint density at radius 3 is 1.94 bits per heavy atom. The summed E-state index contributed by atoms with van der Waals surface area (Å²) in [7, 11) is 0. The van der Waals surface area contributed by atoms with E-state index in [-0.39, 0.29) is 11.7 Å². The van der Waals surface area contributed by atoms with Crippen molar-refractivity contribution in [1.82, 2.24) is 0 Å². The minimum atomic E-state index is -1.56. The predicted octanol–water partition coefficient (Wildman–Crippen LogP) is 8.39. The Balaban J connectivity index is 1.12. The van der Waals surface area contributed by atoms with Crippen LogP contribution >= 0.6 is 0 Å². The molecule has 1 aromatic rings. The highest BCUT2D eigenvalue weighted by Gasteiger charge is 2.34. The van der Waals surface area contributed by atoms with Gasteiger partial charge in [0.15, 0.2) is 17.5 Å². The third-order valence-electron chi connectivity index (χ3n) is 9.17. The minimum absolute atomic E-state index is 0.269. The van der Waals surface area contributed by atoms with Crippen LogP contribution in [-0.2, 0) is 9.53 Å². The first kappa shape index (κ1) is 27.5. The van der Waals surface area contributed by atoms with E-state index in [4.69, 9.17) is 9.47 Å². The fraction of sp³-hybridized carbons (Fsp3) is 0.767. The molecule has 1 aromatic carbocycles. The van der Waals surface area contributed by atoms with Crippen molar-refractivity contribution in [3.8, 4) is 5.75 Å².